The molecule has 0 radical (unpaired) electrons. The Hall–Kier alpha value is -3.17. The normalized spacial score (nSPS) is 12.0. The van der Waals surface area contributed by atoms with E-state index in [4.69, 9.17) is 11.6 Å². The Bertz CT molecular complexity index is 1400. The molecule has 0 fully saturated rings. The maximum atomic E-state index is 8.06. The second-order valence-electron chi connectivity index (χ2n) is 9.88. The van der Waals surface area contributed by atoms with E-state index in [-0.39, 0.29) is 0 Å². The lowest BCUT2D eigenvalue weighted by Crippen LogP contribution is -2.24. The van der Waals surface area contributed by atoms with E-state index in [1.54, 1.807) is 0 Å². The van der Waals surface area contributed by atoms with Crippen LogP contribution in [0.2, 0.25) is 0 Å². The number of nitrogens with zero attached hydrogens (tertiary/aromatic N) is 3. The van der Waals surface area contributed by atoms with Gasteiger partial charge in [0.1, 0.15) is 4.87 Å². The van der Waals surface area contributed by atoms with Gasteiger partial charge in [0.2, 0.25) is 0 Å². The van der Waals surface area contributed by atoms with E-state index in [1.165, 1.54) is 27.5 Å². The molecule has 5 aromatic rings. The highest BCUT2D eigenvalue weighted by molar-refractivity contribution is 6.30. The minimum absolute atomic E-state index is 0.834. The molecular formula is C33H38ClN3. The minimum Gasteiger partial charge on any atom is -0.372 e. The molecule has 2 heterocycles. The van der Waals surface area contributed by atoms with Gasteiger partial charge in [-0.3, -0.25) is 0 Å². The molecule has 0 aliphatic heterocycles. The third-order valence-corrected chi connectivity index (χ3v) is 8.27. The predicted octanol–water partition coefficient (Wildman–Crippen LogP) is 8.79. The Kier molecular flexibility index (Phi) is 7.35. The molecule has 0 aliphatic carbocycles. The van der Waals surface area contributed by atoms with Crippen LogP contribution in [0.4, 0.5) is 5.69 Å². The number of para-hydroxylation sites is 2. The standard InChI is InChI=1S/C33H38ClN3/c1-5-21-36-23-29(27-13-9-11-15-31(27)36)33(34,25-17-19-26(20-18-25)35(7-3)8-4)30-24-37(22-6-2)32-16-12-10-14-28(30)32/h9-20,23-24H,5-8,21-22H2,1-4H3. The Morgan fingerprint density at radius 3 is 1.54 bits per heavy atom. The van der Waals surface area contributed by atoms with Gasteiger partial charge in [-0.2, -0.15) is 0 Å². The van der Waals surface area contributed by atoms with Crippen molar-refractivity contribution in [1.82, 2.24) is 9.13 Å². The highest BCUT2D eigenvalue weighted by Gasteiger charge is 2.39. The number of alkyl halides is 1. The lowest BCUT2D eigenvalue weighted by Gasteiger charge is -2.29. The molecule has 0 saturated heterocycles. The SMILES string of the molecule is CCCn1cc(C(Cl)(c2ccc(N(CC)CC)cc2)c2cn(CCC)c3ccccc23)c2ccccc21. The van der Waals surface area contributed by atoms with Gasteiger partial charge in [0.15, 0.2) is 0 Å². The van der Waals surface area contributed by atoms with Crippen LogP contribution in [-0.2, 0) is 18.0 Å². The molecule has 5 rings (SSSR count). The predicted molar refractivity (Wildman–Crippen MR) is 160 cm³/mol. The first-order valence-corrected chi connectivity index (χ1v) is 14.2. The summed E-state index contributed by atoms with van der Waals surface area (Å²) in [5, 5.41) is 2.43. The van der Waals surface area contributed by atoms with E-state index in [0.717, 1.165) is 55.7 Å². The lowest BCUT2D eigenvalue weighted by molar-refractivity contribution is 0.692. The molecule has 3 aromatic carbocycles. The van der Waals surface area contributed by atoms with Crippen molar-refractivity contribution in [3.63, 3.8) is 0 Å². The molecular weight excluding hydrogens is 474 g/mol. The quantitative estimate of drug-likeness (QED) is 0.171. The van der Waals surface area contributed by atoms with Crippen molar-refractivity contribution in [1.29, 1.82) is 0 Å². The summed E-state index contributed by atoms with van der Waals surface area (Å²) in [4.78, 5) is 1.54. The molecule has 37 heavy (non-hydrogen) atoms. The van der Waals surface area contributed by atoms with Crippen LogP contribution in [0.3, 0.4) is 0 Å². The molecule has 0 bridgehead atoms. The van der Waals surface area contributed by atoms with Gasteiger partial charge in [-0.15, -0.1) is 11.6 Å². The van der Waals surface area contributed by atoms with E-state index in [2.05, 4.69) is 127 Å². The number of aromatic nitrogens is 2. The van der Waals surface area contributed by atoms with Gasteiger partial charge in [0, 0.05) is 77.2 Å². The van der Waals surface area contributed by atoms with E-state index in [0.29, 0.717) is 0 Å². The zero-order valence-corrected chi connectivity index (χ0v) is 23.3. The first-order chi connectivity index (χ1) is 18.1. The number of anilines is 1. The largest absolute Gasteiger partial charge is 0.372 e. The van der Waals surface area contributed by atoms with Crippen LogP contribution in [-0.4, -0.2) is 22.2 Å². The van der Waals surface area contributed by atoms with Gasteiger partial charge < -0.3 is 14.0 Å². The molecule has 0 saturated carbocycles. The average molecular weight is 512 g/mol. The molecule has 0 aliphatic rings. The van der Waals surface area contributed by atoms with Gasteiger partial charge in [-0.25, -0.2) is 0 Å². The number of fused-ring (bicyclic) bond motifs is 2. The second-order valence-corrected chi connectivity index (χ2v) is 10.5. The van der Waals surface area contributed by atoms with Crippen LogP contribution in [0, 0.1) is 0 Å². The van der Waals surface area contributed by atoms with Gasteiger partial charge in [-0.1, -0.05) is 62.4 Å². The van der Waals surface area contributed by atoms with Crippen LogP contribution in [0.15, 0.2) is 85.2 Å². The third kappa shape index (κ3) is 4.34. The summed E-state index contributed by atoms with van der Waals surface area (Å²) in [5.41, 5.74) is 7.10. The molecule has 0 unspecified atom stereocenters. The van der Waals surface area contributed by atoms with Crippen molar-refractivity contribution in [3.8, 4) is 0 Å². The lowest BCUT2D eigenvalue weighted by atomic mass is 9.83. The van der Waals surface area contributed by atoms with Crippen LogP contribution < -0.4 is 4.90 Å². The number of hydrogen-bond donors (Lipinski definition) is 0. The Balaban J connectivity index is 1.81. The Labute approximate surface area is 226 Å². The number of benzene rings is 3. The summed E-state index contributed by atoms with van der Waals surface area (Å²) in [6, 6.07) is 26.3. The average Bonchev–Trinajstić information content (AvgIpc) is 3.49. The van der Waals surface area contributed by atoms with E-state index in [9.17, 15) is 0 Å². The van der Waals surface area contributed by atoms with E-state index < -0.39 is 4.87 Å². The molecule has 0 amide bonds. The fraction of sp³-hybridized carbons (Fsp3) is 0.333. The van der Waals surface area contributed by atoms with Crippen LogP contribution in [0.5, 0.6) is 0 Å². The van der Waals surface area contributed by atoms with Gasteiger partial charge >= 0.3 is 0 Å². The van der Waals surface area contributed by atoms with Crippen LogP contribution >= 0.6 is 11.6 Å². The van der Waals surface area contributed by atoms with E-state index in [1.807, 2.05) is 0 Å². The van der Waals surface area contributed by atoms with Crippen LogP contribution in [0.25, 0.3) is 21.8 Å². The molecule has 4 heteroatoms. The summed E-state index contributed by atoms with van der Waals surface area (Å²) >= 11 is 8.06. The smallest absolute Gasteiger partial charge is 0.123 e. The van der Waals surface area contributed by atoms with Crippen molar-refractivity contribution in [3.05, 3.63) is 102 Å². The van der Waals surface area contributed by atoms with Crippen molar-refractivity contribution in [2.75, 3.05) is 18.0 Å². The zero-order valence-electron chi connectivity index (χ0n) is 22.5. The third-order valence-electron chi connectivity index (χ3n) is 7.64. The Morgan fingerprint density at radius 2 is 1.11 bits per heavy atom. The first kappa shape index (κ1) is 25.5. The molecule has 0 atom stereocenters. The van der Waals surface area contributed by atoms with Gasteiger partial charge in [0.05, 0.1) is 0 Å². The number of rotatable bonds is 10. The summed E-state index contributed by atoms with van der Waals surface area (Å²) in [5.74, 6) is 0. The zero-order chi connectivity index (χ0) is 26.0. The number of hydrogen-bond acceptors (Lipinski definition) is 1. The van der Waals surface area contributed by atoms with Crippen molar-refractivity contribution < 1.29 is 0 Å². The van der Waals surface area contributed by atoms with Crippen molar-refractivity contribution >= 4 is 39.1 Å². The van der Waals surface area contributed by atoms with Gasteiger partial charge in [-0.05, 0) is 56.5 Å². The fourth-order valence-corrected chi connectivity index (χ4v) is 6.27. The summed E-state index contributed by atoms with van der Waals surface area (Å²) in [6.07, 6.45) is 6.74. The number of halogens is 1. The Morgan fingerprint density at radius 1 is 0.649 bits per heavy atom. The highest BCUT2D eigenvalue weighted by atomic mass is 35.5. The van der Waals surface area contributed by atoms with E-state index >= 15 is 0 Å². The first-order valence-electron chi connectivity index (χ1n) is 13.8. The summed E-state index contributed by atoms with van der Waals surface area (Å²) in [6.45, 7) is 12.8. The number of aryl methyl sites for hydroxylation is 2. The molecule has 3 nitrogen and oxygen atoms in total. The highest BCUT2D eigenvalue weighted by Crippen LogP contribution is 2.49. The maximum absolute atomic E-state index is 8.06. The molecule has 0 N–H and O–H groups in total. The minimum atomic E-state index is -0.834. The molecule has 0 spiro atoms. The summed E-state index contributed by atoms with van der Waals surface area (Å²) in [7, 11) is 0. The van der Waals surface area contributed by atoms with Crippen LogP contribution in [0.1, 0.15) is 57.2 Å². The van der Waals surface area contributed by atoms with Crippen molar-refractivity contribution in [2.45, 2.75) is 58.5 Å². The fourth-order valence-electron chi connectivity index (χ4n) is 5.84. The topological polar surface area (TPSA) is 13.1 Å². The van der Waals surface area contributed by atoms with Crippen molar-refractivity contribution in [2.24, 2.45) is 0 Å². The monoisotopic (exact) mass is 511 g/mol. The summed E-state index contributed by atoms with van der Waals surface area (Å²) < 4.78 is 4.74. The molecule has 192 valence electrons. The second kappa shape index (κ2) is 10.7. The van der Waals surface area contributed by atoms with Gasteiger partial charge in [0.25, 0.3) is 0 Å². The maximum Gasteiger partial charge on any atom is 0.123 e. The molecule has 2 aromatic heterocycles.